The highest BCUT2D eigenvalue weighted by Crippen LogP contribution is 2.30. The van der Waals surface area contributed by atoms with Crippen LogP contribution in [-0.2, 0) is 32.0 Å². The van der Waals surface area contributed by atoms with Crippen LogP contribution in [-0.4, -0.2) is 42.9 Å². The molecule has 2 N–H and O–H groups in total. The Bertz CT molecular complexity index is 1100. The molecule has 178 valence electrons. The summed E-state index contributed by atoms with van der Waals surface area (Å²) >= 11 is 0. The number of benzene rings is 2. The monoisotopic (exact) mass is 466 g/mol. The van der Waals surface area contributed by atoms with Crippen LogP contribution in [0.2, 0.25) is 0 Å². The Kier molecular flexibility index (Phi) is 7.41. The number of ketones is 1. The first kappa shape index (κ1) is 23.3. The Hall–Kier alpha value is -3.88. The van der Waals surface area contributed by atoms with Crippen molar-refractivity contribution in [2.24, 2.45) is 0 Å². The van der Waals surface area contributed by atoms with Crippen LogP contribution in [0.3, 0.4) is 0 Å². The van der Waals surface area contributed by atoms with Gasteiger partial charge in [-0.3, -0.25) is 30.0 Å². The maximum Gasteiger partial charge on any atom is 0.306 e. The minimum atomic E-state index is -0.938. The number of amides is 2. The van der Waals surface area contributed by atoms with Gasteiger partial charge in [0.15, 0.2) is 23.9 Å². The van der Waals surface area contributed by atoms with E-state index in [0.29, 0.717) is 17.1 Å². The number of para-hydroxylation sites is 2. The third-order valence-corrected chi connectivity index (χ3v) is 5.72. The SMILES string of the molecule is O=C(COC(=O)CCC(=O)c1ccc2c(c1)CCCC2)NNC(=O)C1COc2ccccc2O1. The van der Waals surface area contributed by atoms with E-state index in [0.717, 1.165) is 19.3 Å². The first-order valence-electron chi connectivity index (χ1n) is 11.3. The number of hydrogen-bond acceptors (Lipinski definition) is 7. The topological polar surface area (TPSA) is 120 Å². The number of esters is 1. The smallest absolute Gasteiger partial charge is 0.306 e. The van der Waals surface area contributed by atoms with E-state index in [4.69, 9.17) is 14.2 Å². The molecule has 1 unspecified atom stereocenters. The predicted octanol–water partition coefficient (Wildman–Crippen LogP) is 2.06. The van der Waals surface area contributed by atoms with Crippen molar-refractivity contribution in [3.05, 3.63) is 59.2 Å². The number of carbonyl (C=O) groups is 4. The number of hydrazine groups is 1. The molecule has 0 saturated carbocycles. The molecule has 0 aromatic heterocycles. The Morgan fingerprint density at radius 3 is 2.50 bits per heavy atom. The highest BCUT2D eigenvalue weighted by Gasteiger charge is 2.27. The van der Waals surface area contributed by atoms with E-state index < -0.39 is 30.5 Å². The van der Waals surface area contributed by atoms with E-state index in [2.05, 4.69) is 10.9 Å². The van der Waals surface area contributed by atoms with Crippen LogP contribution in [0.5, 0.6) is 11.5 Å². The zero-order valence-electron chi connectivity index (χ0n) is 18.6. The number of hydrogen-bond donors (Lipinski definition) is 2. The molecule has 2 amide bonds. The van der Waals surface area contributed by atoms with Gasteiger partial charge in [-0.05, 0) is 55.0 Å². The van der Waals surface area contributed by atoms with Gasteiger partial charge in [0.1, 0.15) is 6.61 Å². The van der Waals surface area contributed by atoms with Crippen molar-refractivity contribution in [1.82, 2.24) is 10.9 Å². The Labute approximate surface area is 196 Å². The van der Waals surface area contributed by atoms with Crippen LogP contribution in [0.15, 0.2) is 42.5 Å². The fourth-order valence-corrected chi connectivity index (χ4v) is 3.88. The molecular formula is C25H26N2O7. The number of rotatable bonds is 7. The van der Waals surface area contributed by atoms with Crippen LogP contribution in [0.25, 0.3) is 0 Å². The molecule has 4 rings (SSSR count). The first-order chi connectivity index (χ1) is 16.5. The molecule has 0 radical (unpaired) electrons. The molecule has 1 aliphatic carbocycles. The third-order valence-electron chi connectivity index (χ3n) is 5.72. The molecule has 0 saturated heterocycles. The van der Waals surface area contributed by atoms with Gasteiger partial charge < -0.3 is 14.2 Å². The van der Waals surface area contributed by atoms with Crippen molar-refractivity contribution in [1.29, 1.82) is 0 Å². The number of carbonyl (C=O) groups excluding carboxylic acids is 4. The van der Waals surface area contributed by atoms with Gasteiger partial charge in [0.25, 0.3) is 11.8 Å². The number of ether oxygens (including phenoxy) is 3. The normalized spacial score (nSPS) is 16.1. The molecule has 1 heterocycles. The zero-order valence-corrected chi connectivity index (χ0v) is 18.6. The second kappa shape index (κ2) is 10.8. The Morgan fingerprint density at radius 1 is 0.912 bits per heavy atom. The largest absolute Gasteiger partial charge is 0.485 e. The van der Waals surface area contributed by atoms with Gasteiger partial charge in [0.05, 0.1) is 6.42 Å². The van der Waals surface area contributed by atoms with Gasteiger partial charge in [-0.2, -0.15) is 0 Å². The second-order valence-electron chi connectivity index (χ2n) is 8.18. The van der Waals surface area contributed by atoms with Crippen molar-refractivity contribution < 1.29 is 33.4 Å². The zero-order chi connectivity index (χ0) is 23.9. The van der Waals surface area contributed by atoms with E-state index in [-0.39, 0.29) is 25.2 Å². The lowest BCUT2D eigenvalue weighted by molar-refractivity contribution is -0.149. The summed E-state index contributed by atoms with van der Waals surface area (Å²) in [6, 6.07) is 12.6. The van der Waals surface area contributed by atoms with Crippen LogP contribution >= 0.6 is 0 Å². The first-order valence-corrected chi connectivity index (χ1v) is 11.3. The van der Waals surface area contributed by atoms with Gasteiger partial charge in [0.2, 0.25) is 6.10 Å². The summed E-state index contributed by atoms with van der Waals surface area (Å²) in [6.07, 6.45) is 3.21. The number of fused-ring (bicyclic) bond motifs is 2. The van der Waals surface area contributed by atoms with Crippen LogP contribution in [0, 0.1) is 0 Å². The summed E-state index contributed by atoms with van der Waals surface area (Å²) in [5.74, 6) is -1.18. The van der Waals surface area contributed by atoms with Crippen molar-refractivity contribution in [3.63, 3.8) is 0 Å². The highest BCUT2D eigenvalue weighted by molar-refractivity contribution is 5.98. The predicted molar refractivity (Wildman–Crippen MR) is 120 cm³/mol. The fraction of sp³-hybridized carbons (Fsp3) is 0.360. The van der Waals surface area contributed by atoms with E-state index in [9.17, 15) is 19.2 Å². The van der Waals surface area contributed by atoms with E-state index >= 15 is 0 Å². The Morgan fingerprint density at radius 2 is 1.68 bits per heavy atom. The van der Waals surface area contributed by atoms with Gasteiger partial charge in [0, 0.05) is 12.0 Å². The molecule has 2 aromatic carbocycles. The summed E-state index contributed by atoms with van der Waals surface area (Å²) in [5.41, 5.74) is 7.45. The van der Waals surface area contributed by atoms with Crippen LogP contribution in [0.1, 0.15) is 47.2 Å². The Balaban J connectivity index is 1.14. The molecule has 0 bridgehead atoms. The summed E-state index contributed by atoms with van der Waals surface area (Å²) in [6.45, 7) is -0.594. The van der Waals surface area contributed by atoms with Gasteiger partial charge in [-0.25, -0.2) is 0 Å². The molecule has 2 aromatic rings. The van der Waals surface area contributed by atoms with Crippen LogP contribution in [0.4, 0.5) is 0 Å². The summed E-state index contributed by atoms with van der Waals surface area (Å²) in [7, 11) is 0. The average Bonchev–Trinajstić information content (AvgIpc) is 2.88. The van der Waals surface area contributed by atoms with Gasteiger partial charge in [-0.1, -0.05) is 24.3 Å². The molecule has 0 spiro atoms. The number of nitrogens with one attached hydrogen (secondary N) is 2. The van der Waals surface area contributed by atoms with Gasteiger partial charge >= 0.3 is 5.97 Å². The number of aryl methyl sites for hydroxylation is 2. The summed E-state index contributed by atoms with van der Waals surface area (Å²) < 4.78 is 15.9. The van der Waals surface area contributed by atoms with Crippen molar-refractivity contribution >= 4 is 23.6 Å². The molecular weight excluding hydrogens is 440 g/mol. The van der Waals surface area contributed by atoms with Crippen molar-refractivity contribution in [2.45, 2.75) is 44.6 Å². The molecule has 9 heteroatoms. The maximum absolute atomic E-state index is 12.4. The summed E-state index contributed by atoms with van der Waals surface area (Å²) in [5, 5.41) is 0. The maximum atomic E-state index is 12.4. The fourth-order valence-electron chi connectivity index (χ4n) is 3.88. The standard InChI is InChI=1S/C25H26N2O7/c28-19(18-10-9-16-5-1-2-6-17(16)13-18)11-12-24(30)33-15-23(29)26-27-25(31)22-14-32-20-7-3-4-8-21(20)34-22/h3-4,7-10,13,22H,1-2,5-6,11-12,14-15H2,(H,26,29)(H,27,31). The molecule has 34 heavy (non-hydrogen) atoms. The lowest BCUT2D eigenvalue weighted by Crippen LogP contribution is -2.51. The summed E-state index contributed by atoms with van der Waals surface area (Å²) in [4.78, 5) is 48.4. The number of Topliss-reactive ketones (excluding diaryl/α,β-unsaturated/α-hetero) is 1. The average molecular weight is 466 g/mol. The lowest BCUT2D eigenvalue weighted by atomic mass is 9.89. The molecule has 9 nitrogen and oxygen atoms in total. The molecule has 2 aliphatic rings. The molecule has 0 fully saturated rings. The van der Waals surface area contributed by atoms with Crippen molar-refractivity contribution in [3.8, 4) is 11.5 Å². The lowest BCUT2D eigenvalue weighted by Gasteiger charge is -2.25. The molecule has 1 aliphatic heterocycles. The highest BCUT2D eigenvalue weighted by atomic mass is 16.6. The van der Waals surface area contributed by atoms with Gasteiger partial charge in [-0.15, -0.1) is 0 Å². The third kappa shape index (κ3) is 5.92. The van der Waals surface area contributed by atoms with E-state index in [1.807, 2.05) is 12.1 Å². The quantitative estimate of drug-likeness (QED) is 0.364. The second-order valence-corrected chi connectivity index (χ2v) is 8.18. The van der Waals surface area contributed by atoms with Crippen molar-refractivity contribution in [2.75, 3.05) is 13.2 Å². The van der Waals surface area contributed by atoms with E-state index in [1.165, 1.54) is 17.5 Å². The van der Waals surface area contributed by atoms with Crippen LogP contribution < -0.4 is 20.3 Å². The minimum Gasteiger partial charge on any atom is -0.485 e. The van der Waals surface area contributed by atoms with E-state index in [1.54, 1.807) is 30.3 Å². The minimum absolute atomic E-state index is 0.00350. The molecule has 1 atom stereocenters.